The molecule has 200 valence electrons. The molecular weight excluding hydrogens is 520 g/mol. The maximum absolute atomic E-state index is 9.52. The summed E-state index contributed by atoms with van der Waals surface area (Å²) in [6.07, 6.45) is 0. The van der Waals surface area contributed by atoms with Gasteiger partial charge in [-0.15, -0.1) is 0 Å². The molecule has 0 fully saturated rings. The topological polar surface area (TPSA) is 13.1 Å². The van der Waals surface area contributed by atoms with Gasteiger partial charge in [-0.1, -0.05) is 145 Å². The summed E-state index contributed by atoms with van der Waals surface area (Å²) in [4.78, 5) is 0. The lowest BCUT2D eigenvalue weighted by atomic mass is 9.85. The number of benzene rings is 8. The summed E-state index contributed by atoms with van der Waals surface area (Å²) in [7, 11) is 0. The molecule has 0 saturated heterocycles. The molecule has 0 amide bonds. The van der Waals surface area contributed by atoms with Crippen molar-refractivity contribution in [3.8, 4) is 33.4 Å². The summed E-state index contributed by atoms with van der Waals surface area (Å²) in [5, 5.41) is 7.16. The molecule has 43 heavy (non-hydrogen) atoms. The average Bonchev–Trinajstić information content (AvgIpc) is 3.56. The Balaban J connectivity index is 1.42. The summed E-state index contributed by atoms with van der Waals surface area (Å²) < 4.78 is 85.0. The van der Waals surface area contributed by atoms with Crippen LogP contribution in [0, 0.1) is 0 Å². The van der Waals surface area contributed by atoms with E-state index in [9.17, 15) is 1.37 Å². The van der Waals surface area contributed by atoms with Gasteiger partial charge in [0.25, 0.3) is 0 Å². The largest absolute Gasteiger partial charge is 0.455 e. The van der Waals surface area contributed by atoms with E-state index in [1.54, 1.807) is 0 Å². The van der Waals surface area contributed by atoms with Crippen LogP contribution in [0.1, 0.15) is 12.3 Å². The second-order valence-corrected chi connectivity index (χ2v) is 10.5. The van der Waals surface area contributed by atoms with Gasteiger partial charge in [-0.2, -0.15) is 0 Å². The second kappa shape index (κ2) is 9.44. The van der Waals surface area contributed by atoms with E-state index in [0.717, 1.165) is 54.6 Å². The first-order valence-corrected chi connectivity index (χ1v) is 14.0. The SMILES string of the molecule is [2H]c1c([2H])c([2H])c(-c2c([2H])c([2H])c([2H])c(-c3c4ccccc4c(-c4cccc5c4oc4ccc6ccccc6c45)c4ccccc34)c2[2H])c([2H])c1[2H]. The Bertz CT molecular complexity index is 2930. The minimum atomic E-state index is -0.606. The van der Waals surface area contributed by atoms with E-state index < -0.39 is 42.3 Å². The number of fused-ring (bicyclic) bond motifs is 7. The van der Waals surface area contributed by atoms with Crippen molar-refractivity contribution in [3.63, 3.8) is 0 Å². The van der Waals surface area contributed by atoms with Crippen LogP contribution in [0.3, 0.4) is 0 Å². The molecule has 0 spiro atoms. The zero-order chi connectivity index (χ0) is 36.2. The van der Waals surface area contributed by atoms with E-state index in [4.69, 9.17) is 15.4 Å². The fourth-order valence-corrected chi connectivity index (χ4v) is 6.42. The molecule has 9 aromatic rings. The highest BCUT2D eigenvalue weighted by molar-refractivity contribution is 6.26. The summed E-state index contributed by atoms with van der Waals surface area (Å²) in [5.74, 6) is 0. The Morgan fingerprint density at radius 2 is 1.05 bits per heavy atom. The highest BCUT2D eigenvalue weighted by Gasteiger charge is 2.20. The van der Waals surface area contributed by atoms with Crippen LogP contribution in [0.25, 0.3) is 87.6 Å². The molecule has 0 N–H and O–H groups in total. The summed E-state index contributed by atoms with van der Waals surface area (Å²) in [6, 6.07) is 28.9. The van der Waals surface area contributed by atoms with Gasteiger partial charge in [0.2, 0.25) is 0 Å². The molecule has 0 unspecified atom stereocenters. The molecule has 0 radical (unpaired) electrons. The third-order valence-corrected chi connectivity index (χ3v) is 8.21. The Hall–Kier alpha value is -5.66. The van der Waals surface area contributed by atoms with Gasteiger partial charge in [0.15, 0.2) is 0 Å². The van der Waals surface area contributed by atoms with Crippen LogP contribution >= 0.6 is 0 Å². The lowest BCUT2D eigenvalue weighted by Crippen LogP contribution is -1.91. The van der Waals surface area contributed by atoms with Crippen molar-refractivity contribution in [2.45, 2.75) is 0 Å². The molecule has 1 heteroatoms. The maximum Gasteiger partial charge on any atom is 0.143 e. The molecule has 9 rings (SSSR count). The lowest BCUT2D eigenvalue weighted by molar-refractivity contribution is 0.670. The Labute approximate surface area is 261 Å². The Morgan fingerprint density at radius 1 is 0.442 bits per heavy atom. The number of para-hydroxylation sites is 1. The second-order valence-electron chi connectivity index (χ2n) is 10.5. The van der Waals surface area contributed by atoms with Gasteiger partial charge in [-0.25, -0.2) is 0 Å². The lowest BCUT2D eigenvalue weighted by Gasteiger charge is -2.18. The first kappa shape index (κ1) is 16.7. The van der Waals surface area contributed by atoms with Crippen molar-refractivity contribution >= 4 is 54.3 Å². The quantitative estimate of drug-likeness (QED) is 0.198. The molecule has 1 nitrogen and oxygen atoms in total. The van der Waals surface area contributed by atoms with Crippen molar-refractivity contribution < 1.29 is 16.8 Å². The summed E-state index contributed by atoms with van der Waals surface area (Å²) in [5.41, 5.74) is 3.12. The van der Waals surface area contributed by atoms with Gasteiger partial charge in [0.05, 0.1) is 12.3 Å². The van der Waals surface area contributed by atoms with Crippen molar-refractivity contribution in [2.24, 2.45) is 0 Å². The van der Waals surface area contributed by atoms with Crippen LogP contribution in [0.4, 0.5) is 0 Å². The first-order chi connectivity index (χ1) is 25.1. The van der Waals surface area contributed by atoms with Crippen LogP contribution in [0.15, 0.2) is 162 Å². The molecule has 1 heterocycles. The van der Waals surface area contributed by atoms with E-state index in [0.29, 0.717) is 16.3 Å². The molecule has 8 aromatic carbocycles. The van der Waals surface area contributed by atoms with E-state index in [1.165, 1.54) is 0 Å². The van der Waals surface area contributed by atoms with Gasteiger partial charge >= 0.3 is 0 Å². The molecule has 0 aliphatic rings. The Morgan fingerprint density at radius 3 is 1.79 bits per heavy atom. The zero-order valence-corrected chi connectivity index (χ0v) is 22.7. The highest BCUT2D eigenvalue weighted by atomic mass is 16.3. The van der Waals surface area contributed by atoms with Crippen molar-refractivity contribution in [1.29, 1.82) is 0 Å². The average molecular weight is 556 g/mol. The summed E-state index contributed by atoms with van der Waals surface area (Å²) in [6.45, 7) is 0. The number of hydrogen-bond acceptors (Lipinski definition) is 1. The molecule has 0 bridgehead atoms. The van der Waals surface area contributed by atoms with Gasteiger partial charge in [-0.3, -0.25) is 0 Å². The normalized spacial score (nSPS) is 14.7. The van der Waals surface area contributed by atoms with Crippen LogP contribution in [-0.4, -0.2) is 0 Å². The molecule has 0 aliphatic heterocycles. The first-order valence-electron chi connectivity index (χ1n) is 18.5. The number of rotatable bonds is 3. The molecular formula is C42H26O. The Kier molecular flexibility index (Phi) is 3.67. The van der Waals surface area contributed by atoms with E-state index in [2.05, 4.69) is 24.3 Å². The number of furan rings is 1. The van der Waals surface area contributed by atoms with Crippen LogP contribution < -0.4 is 0 Å². The predicted octanol–water partition coefficient (Wildman–Crippen LogP) is 12.0. The smallest absolute Gasteiger partial charge is 0.143 e. The zero-order valence-electron chi connectivity index (χ0n) is 31.7. The molecule has 0 atom stereocenters. The van der Waals surface area contributed by atoms with E-state index >= 15 is 0 Å². The molecule has 1 aromatic heterocycles. The molecule has 0 saturated carbocycles. The minimum Gasteiger partial charge on any atom is -0.455 e. The van der Waals surface area contributed by atoms with Crippen LogP contribution in [0.5, 0.6) is 0 Å². The van der Waals surface area contributed by atoms with Gasteiger partial charge < -0.3 is 4.42 Å². The van der Waals surface area contributed by atoms with Gasteiger partial charge in [0, 0.05) is 21.9 Å². The minimum absolute atomic E-state index is 0.0372. The number of hydrogen-bond donors (Lipinski definition) is 0. The van der Waals surface area contributed by atoms with E-state index in [1.807, 2.05) is 78.9 Å². The monoisotopic (exact) mass is 555 g/mol. The predicted molar refractivity (Wildman–Crippen MR) is 183 cm³/mol. The van der Waals surface area contributed by atoms with E-state index in [-0.39, 0.29) is 28.8 Å². The standard InChI is InChI=1S/C42H26O/c1-2-12-27(13-3-1)29-15-10-16-30(26-29)39-32-18-6-8-20-34(32)40(35-21-9-7-19-33(35)39)36-22-11-23-37-41-31-17-5-4-14-28(31)24-25-38(41)43-42(36)37/h1-26H/i1D,2D,3D,10D,12D,13D,15D,16D,26D. The van der Waals surface area contributed by atoms with Crippen molar-refractivity contribution in [1.82, 2.24) is 0 Å². The van der Waals surface area contributed by atoms with Crippen LogP contribution in [0.2, 0.25) is 0 Å². The third-order valence-electron chi connectivity index (χ3n) is 8.21. The fourth-order valence-electron chi connectivity index (χ4n) is 6.42. The maximum atomic E-state index is 9.52. The van der Waals surface area contributed by atoms with Crippen LogP contribution in [-0.2, 0) is 0 Å². The van der Waals surface area contributed by atoms with Crippen molar-refractivity contribution in [3.05, 3.63) is 158 Å². The highest BCUT2D eigenvalue weighted by Crippen LogP contribution is 2.47. The summed E-state index contributed by atoms with van der Waals surface area (Å²) >= 11 is 0. The van der Waals surface area contributed by atoms with Crippen molar-refractivity contribution in [2.75, 3.05) is 0 Å². The van der Waals surface area contributed by atoms with Gasteiger partial charge in [0.1, 0.15) is 11.2 Å². The fraction of sp³-hybridized carbons (Fsp3) is 0. The van der Waals surface area contributed by atoms with Gasteiger partial charge in [-0.05, 0) is 66.7 Å². The molecule has 0 aliphatic carbocycles. The third kappa shape index (κ3) is 3.65.